The Balaban J connectivity index is 1.72. The van der Waals surface area contributed by atoms with Crippen LogP contribution in [0.4, 0.5) is 0 Å². The van der Waals surface area contributed by atoms with E-state index in [1.807, 2.05) is 0 Å². The number of rotatable bonds is 3. The zero-order chi connectivity index (χ0) is 12.3. The summed E-state index contributed by atoms with van der Waals surface area (Å²) in [5, 5.41) is 6.30. The van der Waals surface area contributed by atoms with Crippen molar-refractivity contribution in [2.24, 2.45) is 5.92 Å². The zero-order valence-electron chi connectivity index (χ0n) is 10.4. The molecule has 0 aromatic carbocycles. The van der Waals surface area contributed by atoms with Crippen LogP contribution in [-0.4, -0.2) is 49.4 Å². The molecule has 2 atom stereocenters. The molecular formula is C12H21N3O2. The quantitative estimate of drug-likeness (QED) is 0.712. The second-order valence-corrected chi connectivity index (χ2v) is 5.14. The molecule has 96 valence electrons. The van der Waals surface area contributed by atoms with Crippen molar-refractivity contribution >= 4 is 11.8 Å². The molecule has 0 aliphatic carbocycles. The van der Waals surface area contributed by atoms with Gasteiger partial charge in [-0.05, 0) is 31.8 Å². The lowest BCUT2D eigenvalue weighted by Crippen LogP contribution is -2.48. The normalized spacial score (nSPS) is 29.5. The van der Waals surface area contributed by atoms with Crippen LogP contribution >= 0.6 is 0 Å². The van der Waals surface area contributed by atoms with Crippen molar-refractivity contribution in [3.8, 4) is 0 Å². The van der Waals surface area contributed by atoms with Gasteiger partial charge < -0.3 is 15.5 Å². The molecule has 2 fully saturated rings. The van der Waals surface area contributed by atoms with E-state index in [-0.39, 0.29) is 17.9 Å². The van der Waals surface area contributed by atoms with Gasteiger partial charge in [-0.1, -0.05) is 0 Å². The van der Waals surface area contributed by atoms with Crippen LogP contribution in [0.1, 0.15) is 25.7 Å². The topological polar surface area (TPSA) is 61.4 Å². The SMILES string of the molecule is CN1CC(NC(=O)CC2CCNC2)CCC1=O. The summed E-state index contributed by atoms with van der Waals surface area (Å²) < 4.78 is 0. The fraction of sp³-hybridized carbons (Fsp3) is 0.833. The summed E-state index contributed by atoms with van der Waals surface area (Å²) >= 11 is 0. The lowest BCUT2D eigenvalue weighted by atomic mass is 10.0. The molecule has 0 bridgehead atoms. The minimum atomic E-state index is 0.131. The molecule has 2 heterocycles. The summed E-state index contributed by atoms with van der Waals surface area (Å²) in [6.45, 7) is 2.63. The van der Waals surface area contributed by atoms with Gasteiger partial charge in [-0.2, -0.15) is 0 Å². The highest BCUT2D eigenvalue weighted by molar-refractivity contribution is 5.79. The van der Waals surface area contributed by atoms with E-state index in [2.05, 4.69) is 10.6 Å². The van der Waals surface area contributed by atoms with Crippen molar-refractivity contribution in [3.63, 3.8) is 0 Å². The number of hydrogen-bond acceptors (Lipinski definition) is 3. The number of carbonyl (C=O) groups is 2. The van der Waals surface area contributed by atoms with Gasteiger partial charge in [0.25, 0.3) is 0 Å². The molecule has 2 aliphatic heterocycles. The van der Waals surface area contributed by atoms with Crippen LogP contribution in [0.15, 0.2) is 0 Å². The highest BCUT2D eigenvalue weighted by Gasteiger charge is 2.25. The minimum Gasteiger partial charge on any atom is -0.352 e. The van der Waals surface area contributed by atoms with Crippen molar-refractivity contribution in [1.82, 2.24) is 15.5 Å². The first kappa shape index (κ1) is 12.4. The first-order chi connectivity index (χ1) is 8.15. The number of piperidine rings is 1. The summed E-state index contributed by atoms with van der Waals surface area (Å²) in [6.07, 6.45) is 3.03. The molecule has 2 amide bonds. The third-order valence-electron chi connectivity index (χ3n) is 3.63. The first-order valence-corrected chi connectivity index (χ1v) is 6.39. The zero-order valence-corrected chi connectivity index (χ0v) is 10.4. The summed E-state index contributed by atoms with van der Waals surface area (Å²) in [5.74, 6) is 0.792. The molecule has 0 spiro atoms. The Labute approximate surface area is 102 Å². The number of hydrogen-bond donors (Lipinski definition) is 2. The number of nitrogens with one attached hydrogen (secondary N) is 2. The Morgan fingerprint density at radius 2 is 2.35 bits per heavy atom. The van der Waals surface area contributed by atoms with Crippen LogP contribution in [0.2, 0.25) is 0 Å². The molecule has 0 radical (unpaired) electrons. The van der Waals surface area contributed by atoms with Crippen LogP contribution < -0.4 is 10.6 Å². The van der Waals surface area contributed by atoms with E-state index in [9.17, 15) is 9.59 Å². The Bertz CT molecular complexity index is 300. The molecule has 0 saturated carbocycles. The van der Waals surface area contributed by atoms with Crippen LogP contribution in [0.5, 0.6) is 0 Å². The number of likely N-dealkylation sites (N-methyl/N-ethyl adjacent to an activating group) is 1. The van der Waals surface area contributed by atoms with E-state index in [4.69, 9.17) is 0 Å². The number of amides is 2. The van der Waals surface area contributed by atoms with Gasteiger partial charge >= 0.3 is 0 Å². The van der Waals surface area contributed by atoms with E-state index in [1.54, 1.807) is 11.9 Å². The Hall–Kier alpha value is -1.10. The highest BCUT2D eigenvalue weighted by atomic mass is 16.2. The van der Waals surface area contributed by atoms with Crippen LogP contribution in [0, 0.1) is 5.92 Å². The summed E-state index contributed by atoms with van der Waals surface area (Å²) in [4.78, 5) is 24.8. The molecule has 2 aliphatic rings. The Morgan fingerprint density at radius 1 is 1.53 bits per heavy atom. The van der Waals surface area contributed by atoms with Crippen molar-refractivity contribution in [1.29, 1.82) is 0 Å². The largest absolute Gasteiger partial charge is 0.352 e. The third kappa shape index (κ3) is 3.43. The van der Waals surface area contributed by atoms with Crippen molar-refractivity contribution in [2.45, 2.75) is 31.7 Å². The van der Waals surface area contributed by atoms with Crippen molar-refractivity contribution < 1.29 is 9.59 Å². The molecule has 2 rings (SSSR count). The first-order valence-electron chi connectivity index (χ1n) is 6.39. The van der Waals surface area contributed by atoms with Gasteiger partial charge in [-0.15, -0.1) is 0 Å². The predicted molar refractivity (Wildman–Crippen MR) is 64.4 cm³/mol. The standard InChI is InChI=1S/C12H21N3O2/c1-15-8-10(2-3-12(15)17)14-11(16)6-9-4-5-13-7-9/h9-10,13H,2-8H2,1H3,(H,14,16). The van der Waals surface area contributed by atoms with E-state index in [0.717, 1.165) is 25.9 Å². The third-order valence-corrected chi connectivity index (χ3v) is 3.63. The average Bonchev–Trinajstić information content (AvgIpc) is 2.76. The predicted octanol–water partition coefficient (Wildman–Crippen LogP) is -0.277. The van der Waals surface area contributed by atoms with Crippen LogP contribution in [0.3, 0.4) is 0 Å². The van der Waals surface area contributed by atoms with E-state index in [1.165, 1.54) is 0 Å². The van der Waals surface area contributed by atoms with E-state index in [0.29, 0.717) is 25.3 Å². The fourth-order valence-electron chi connectivity index (χ4n) is 2.57. The maximum Gasteiger partial charge on any atom is 0.222 e. The van der Waals surface area contributed by atoms with Gasteiger partial charge in [-0.3, -0.25) is 9.59 Å². The Morgan fingerprint density at radius 3 is 3.00 bits per heavy atom. The molecule has 0 aromatic heterocycles. The van der Waals surface area contributed by atoms with Gasteiger partial charge in [0.15, 0.2) is 0 Å². The van der Waals surface area contributed by atoms with E-state index >= 15 is 0 Å². The molecule has 2 N–H and O–H groups in total. The number of carbonyl (C=O) groups excluding carboxylic acids is 2. The summed E-state index contributed by atoms with van der Waals surface area (Å²) in [5.41, 5.74) is 0. The summed E-state index contributed by atoms with van der Waals surface area (Å²) in [7, 11) is 1.79. The summed E-state index contributed by atoms with van der Waals surface area (Å²) in [6, 6.07) is 0.138. The average molecular weight is 239 g/mol. The van der Waals surface area contributed by atoms with Gasteiger partial charge in [0.05, 0.1) is 0 Å². The van der Waals surface area contributed by atoms with Crippen LogP contribution in [0.25, 0.3) is 0 Å². The molecule has 0 aromatic rings. The monoisotopic (exact) mass is 239 g/mol. The lowest BCUT2D eigenvalue weighted by molar-refractivity contribution is -0.134. The van der Waals surface area contributed by atoms with Crippen molar-refractivity contribution in [2.75, 3.05) is 26.7 Å². The van der Waals surface area contributed by atoms with Gasteiger partial charge in [-0.25, -0.2) is 0 Å². The highest BCUT2D eigenvalue weighted by Crippen LogP contribution is 2.13. The molecular weight excluding hydrogens is 218 g/mol. The molecule has 5 nitrogen and oxygen atoms in total. The number of likely N-dealkylation sites (tertiary alicyclic amines) is 1. The lowest BCUT2D eigenvalue weighted by Gasteiger charge is -2.30. The minimum absolute atomic E-state index is 0.131. The molecule has 2 saturated heterocycles. The van der Waals surface area contributed by atoms with Gasteiger partial charge in [0, 0.05) is 32.5 Å². The Kier molecular flexibility index (Phi) is 3.99. The van der Waals surface area contributed by atoms with Gasteiger partial charge in [0.1, 0.15) is 0 Å². The van der Waals surface area contributed by atoms with Crippen LogP contribution in [-0.2, 0) is 9.59 Å². The second-order valence-electron chi connectivity index (χ2n) is 5.14. The maximum atomic E-state index is 11.8. The van der Waals surface area contributed by atoms with Crippen molar-refractivity contribution in [3.05, 3.63) is 0 Å². The fourth-order valence-corrected chi connectivity index (χ4v) is 2.57. The van der Waals surface area contributed by atoms with Gasteiger partial charge in [0.2, 0.25) is 11.8 Å². The molecule has 5 heteroatoms. The smallest absolute Gasteiger partial charge is 0.222 e. The maximum absolute atomic E-state index is 11.8. The molecule has 2 unspecified atom stereocenters. The second kappa shape index (κ2) is 5.49. The number of nitrogens with zero attached hydrogens (tertiary/aromatic N) is 1. The van der Waals surface area contributed by atoms with E-state index < -0.39 is 0 Å². The molecule has 17 heavy (non-hydrogen) atoms.